The van der Waals surface area contributed by atoms with Gasteiger partial charge in [0, 0.05) is 36.6 Å². The number of hydrogen-bond acceptors (Lipinski definition) is 8. The van der Waals surface area contributed by atoms with Crippen molar-refractivity contribution in [3.05, 3.63) is 67.7 Å². The second-order valence-corrected chi connectivity index (χ2v) is 13.6. The van der Waals surface area contributed by atoms with Gasteiger partial charge in [0.25, 0.3) is 0 Å². The van der Waals surface area contributed by atoms with E-state index in [9.17, 15) is 29.4 Å². The van der Waals surface area contributed by atoms with Gasteiger partial charge >= 0.3 is 11.9 Å². The van der Waals surface area contributed by atoms with Crippen LogP contribution in [0.15, 0.2) is 34.1 Å². The molecule has 2 saturated heterocycles. The number of halogens is 2. The maximum atomic E-state index is 15.6. The smallest absolute Gasteiger partial charge is 0.341 e. The van der Waals surface area contributed by atoms with Crippen LogP contribution in [0.1, 0.15) is 68.7 Å². The number of fused-ring (bicyclic) bond motifs is 4. The summed E-state index contributed by atoms with van der Waals surface area (Å²) in [4.78, 5) is 62.0. The maximum absolute atomic E-state index is 15.6. The first-order chi connectivity index (χ1) is 20.9. The van der Waals surface area contributed by atoms with Gasteiger partial charge in [-0.25, -0.2) is 28.3 Å². The summed E-state index contributed by atoms with van der Waals surface area (Å²) in [6.45, 7) is 11.4. The summed E-state index contributed by atoms with van der Waals surface area (Å²) in [5, 5.41) is 18.9. The van der Waals surface area contributed by atoms with Crippen molar-refractivity contribution in [3.63, 3.8) is 0 Å². The Morgan fingerprint density at radius 3 is 1.38 bits per heavy atom. The molecule has 0 saturated carbocycles. The molecule has 2 atom stereocenters. The molecule has 2 aliphatic rings. The Labute approximate surface area is 255 Å². The predicted octanol–water partition coefficient (Wildman–Crippen LogP) is 3.76. The third kappa shape index (κ3) is 4.70. The summed E-state index contributed by atoms with van der Waals surface area (Å²) < 4.78 is 34.3. The molecule has 4 aromatic rings. The predicted molar refractivity (Wildman–Crippen MR) is 163 cm³/mol. The lowest BCUT2D eigenvalue weighted by molar-refractivity contribution is 0.0683. The molecule has 2 bridgehead atoms. The lowest BCUT2D eigenvalue weighted by atomic mass is 10.1. The molecule has 45 heavy (non-hydrogen) atoms. The molecule has 4 aromatic heterocycles. The van der Waals surface area contributed by atoms with Crippen molar-refractivity contribution in [2.24, 2.45) is 0 Å². The van der Waals surface area contributed by atoms with E-state index in [4.69, 9.17) is 0 Å². The Kier molecular flexibility index (Phi) is 6.58. The van der Waals surface area contributed by atoms with E-state index < -0.39 is 56.6 Å². The van der Waals surface area contributed by atoms with Gasteiger partial charge in [0.15, 0.2) is 23.3 Å². The topological polar surface area (TPSA) is 151 Å². The molecule has 14 heteroatoms. The highest BCUT2D eigenvalue weighted by Gasteiger charge is 2.46. The third-order valence-electron chi connectivity index (χ3n) is 8.52. The minimum Gasteiger partial charge on any atom is -0.477 e. The van der Waals surface area contributed by atoms with E-state index in [0.717, 1.165) is 12.1 Å². The maximum Gasteiger partial charge on any atom is 0.341 e. The molecule has 0 amide bonds. The van der Waals surface area contributed by atoms with Crippen LogP contribution in [0, 0.1) is 11.6 Å². The lowest BCUT2D eigenvalue weighted by Crippen LogP contribution is -2.48. The van der Waals surface area contributed by atoms with Crippen molar-refractivity contribution in [2.75, 3.05) is 22.9 Å². The Morgan fingerprint density at radius 1 is 0.733 bits per heavy atom. The Balaban J connectivity index is 1.41. The van der Waals surface area contributed by atoms with Crippen LogP contribution in [0.5, 0.6) is 0 Å². The van der Waals surface area contributed by atoms with Gasteiger partial charge in [-0.2, -0.15) is 0 Å². The number of carbonyl (C=O) groups is 2. The number of carboxylic acids is 2. The highest BCUT2D eigenvalue weighted by Crippen LogP contribution is 2.39. The number of hydrogen-bond donors (Lipinski definition) is 2. The van der Waals surface area contributed by atoms with Crippen molar-refractivity contribution in [1.29, 1.82) is 0 Å². The van der Waals surface area contributed by atoms with Crippen LogP contribution in [0.4, 0.5) is 20.4 Å². The first kappa shape index (κ1) is 30.2. The van der Waals surface area contributed by atoms with Gasteiger partial charge in [-0.05, 0) is 60.1 Å². The zero-order valence-electron chi connectivity index (χ0n) is 25.6. The number of anilines is 2. The van der Waals surface area contributed by atoms with Crippen molar-refractivity contribution in [1.82, 2.24) is 19.1 Å². The first-order valence-electron chi connectivity index (χ1n) is 14.4. The summed E-state index contributed by atoms with van der Waals surface area (Å²) in [6.07, 6.45) is 2.99. The fourth-order valence-electron chi connectivity index (χ4n) is 6.34. The van der Waals surface area contributed by atoms with E-state index in [2.05, 4.69) is 9.97 Å². The zero-order valence-corrected chi connectivity index (χ0v) is 25.6. The fourth-order valence-corrected chi connectivity index (χ4v) is 6.34. The van der Waals surface area contributed by atoms with Crippen LogP contribution in [-0.4, -0.2) is 66.4 Å². The van der Waals surface area contributed by atoms with Gasteiger partial charge in [0.05, 0.1) is 22.9 Å². The molecule has 0 aliphatic carbocycles. The molecule has 2 N–H and O–H groups in total. The van der Waals surface area contributed by atoms with E-state index >= 15 is 8.78 Å². The molecule has 0 unspecified atom stereocenters. The van der Waals surface area contributed by atoms with Crippen LogP contribution < -0.4 is 20.7 Å². The number of pyridine rings is 4. The van der Waals surface area contributed by atoms with Gasteiger partial charge in [-0.3, -0.25) is 9.59 Å². The summed E-state index contributed by atoms with van der Waals surface area (Å²) >= 11 is 0. The number of rotatable bonds is 4. The van der Waals surface area contributed by atoms with E-state index in [-0.39, 0.29) is 58.9 Å². The average molecular weight is 623 g/mol. The van der Waals surface area contributed by atoms with Crippen LogP contribution in [0.2, 0.25) is 0 Å². The van der Waals surface area contributed by atoms with Crippen LogP contribution in [-0.2, 0) is 11.1 Å². The number of nitrogens with zero attached hydrogens (tertiary/aromatic N) is 6. The second-order valence-electron chi connectivity index (χ2n) is 13.6. The fraction of sp³-hybridized carbons (Fsp3) is 0.419. The molecule has 2 aliphatic heterocycles. The monoisotopic (exact) mass is 622 g/mol. The van der Waals surface area contributed by atoms with Crippen LogP contribution >= 0.6 is 0 Å². The Morgan fingerprint density at radius 2 is 1.09 bits per heavy atom. The lowest BCUT2D eigenvalue weighted by Gasteiger charge is -2.36. The largest absolute Gasteiger partial charge is 0.477 e. The van der Waals surface area contributed by atoms with E-state index in [1.54, 1.807) is 18.9 Å². The number of aromatic carboxylic acids is 2. The molecular weight excluding hydrogens is 590 g/mol. The standard InChI is InChI=1S/C31H32F2N6O6/c1-30(2,3)38-12-18(28(42)43)22(40)16-8-20(32)26(34-24(16)38)36-10-15-7-14(36)11-37(15)27-21(33)9-17-23(41)19(29(44)45)13-39(25(17)35-27)31(4,5)6/h8-9,12-15H,7,10-11H2,1-6H3,(H,42,43)(H,44,45)/t14-,15-/m0/s1. The van der Waals surface area contributed by atoms with E-state index in [0.29, 0.717) is 6.42 Å². The molecule has 0 spiro atoms. The van der Waals surface area contributed by atoms with Crippen molar-refractivity contribution in [2.45, 2.75) is 71.1 Å². The van der Waals surface area contributed by atoms with Crippen LogP contribution in [0.25, 0.3) is 22.1 Å². The number of carboxylic acid groups (broad SMARTS) is 2. The second kappa shape index (κ2) is 9.81. The molecule has 0 aromatic carbocycles. The van der Waals surface area contributed by atoms with Crippen LogP contribution in [0.3, 0.4) is 0 Å². The Bertz CT molecular complexity index is 1930. The van der Waals surface area contributed by atoms with Gasteiger partial charge in [-0.15, -0.1) is 0 Å². The molecule has 12 nitrogen and oxygen atoms in total. The molecule has 6 heterocycles. The molecule has 236 valence electrons. The quantitative estimate of drug-likeness (QED) is 0.344. The normalized spacial score (nSPS) is 18.4. The third-order valence-corrected chi connectivity index (χ3v) is 8.52. The molecular formula is C31H32F2N6O6. The molecule has 0 radical (unpaired) electrons. The van der Waals surface area contributed by atoms with E-state index in [1.165, 1.54) is 12.4 Å². The number of piperazine rings is 1. The zero-order chi connectivity index (χ0) is 32.9. The SMILES string of the molecule is CC(C)(C)n1cc(C(=O)O)c(=O)c2cc(F)c(N3C[C@@H]4C[C@H]3CN4c3nc4c(cc3F)c(=O)c(C(=O)O)cn4C(C)(C)C)nc21. The summed E-state index contributed by atoms with van der Waals surface area (Å²) in [7, 11) is 0. The number of aromatic nitrogens is 4. The molecule has 6 rings (SSSR count). The summed E-state index contributed by atoms with van der Waals surface area (Å²) in [5.41, 5.74) is -3.69. The first-order valence-corrected chi connectivity index (χ1v) is 14.4. The van der Waals surface area contributed by atoms with Crippen molar-refractivity contribution >= 4 is 45.6 Å². The average Bonchev–Trinajstić information content (AvgIpc) is 3.53. The minimum absolute atomic E-state index is 0.00448. The summed E-state index contributed by atoms with van der Waals surface area (Å²) in [6, 6.07) is 1.47. The van der Waals surface area contributed by atoms with Gasteiger partial charge in [0.2, 0.25) is 10.9 Å². The van der Waals surface area contributed by atoms with Crippen molar-refractivity contribution < 1.29 is 28.6 Å². The van der Waals surface area contributed by atoms with Gasteiger partial charge in [0.1, 0.15) is 22.4 Å². The van der Waals surface area contributed by atoms with E-state index in [1.807, 2.05) is 41.5 Å². The van der Waals surface area contributed by atoms with Gasteiger partial charge in [-0.1, -0.05) is 0 Å². The summed E-state index contributed by atoms with van der Waals surface area (Å²) in [5.74, 6) is -4.38. The highest BCUT2D eigenvalue weighted by atomic mass is 19.1. The van der Waals surface area contributed by atoms with Gasteiger partial charge < -0.3 is 29.1 Å². The highest BCUT2D eigenvalue weighted by molar-refractivity contribution is 5.93. The molecule has 2 fully saturated rings. The van der Waals surface area contributed by atoms with Crippen molar-refractivity contribution in [3.8, 4) is 0 Å². The minimum atomic E-state index is -1.42. The Hall–Kier alpha value is -4.88.